The molecule has 4 amide bonds. The molecule has 2 aromatic carbocycles. The lowest BCUT2D eigenvalue weighted by atomic mass is 9.84. The Balaban J connectivity index is 0.992. The molecule has 0 aromatic heterocycles. The molecule has 2 aromatic rings. The van der Waals surface area contributed by atoms with Crippen molar-refractivity contribution in [2.75, 3.05) is 12.8 Å². The first-order valence-corrected chi connectivity index (χ1v) is 21.7. The molecule has 5 aliphatic rings. The Labute approximate surface area is 340 Å². The zero-order chi connectivity index (χ0) is 39.7. The standard InChI is InChI=1S/C44H56N6O4S2/c1-6-35(45-5)42(55)49-36-19-20-56-37-23-44(3,4)38(50(37)43(36)54)41(53)46-24-34-31-14-10-8-12-27(31)22-33(34)40(52)48-29-17-15-28(16-18-29)47-39(51)32-21-26-11-7-9-13-30(26)25(32)2/h6-14,24-25,28-29,32-38,45H,1,15-23H2,2-5H3,(H,47,51)(H,48,52)(H,49,55)/t25-,28?,29?,32+,33+,34-,35-,36-,37-,38+/m0/s1. The topological polar surface area (TPSA) is 132 Å². The van der Waals surface area contributed by atoms with E-state index in [1.54, 1.807) is 36.0 Å². The van der Waals surface area contributed by atoms with Gasteiger partial charge in [0.1, 0.15) is 12.1 Å². The number of aliphatic imine (C=N–C) groups is 1. The molecule has 298 valence electrons. The zero-order valence-electron chi connectivity index (χ0n) is 33.0. The van der Waals surface area contributed by atoms with Gasteiger partial charge in [-0.05, 0) is 97.8 Å². The minimum atomic E-state index is -0.744. The number of carbonyl (C=O) groups is 4. The lowest BCUT2D eigenvalue weighted by molar-refractivity contribution is -0.140. The Bertz CT molecular complexity index is 1890. The van der Waals surface area contributed by atoms with Crippen molar-refractivity contribution in [3.05, 3.63) is 83.4 Å². The highest BCUT2D eigenvalue weighted by Gasteiger charge is 2.54. The van der Waals surface area contributed by atoms with Crippen LogP contribution in [0, 0.1) is 17.3 Å². The van der Waals surface area contributed by atoms with Gasteiger partial charge in [0, 0.05) is 30.1 Å². The van der Waals surface area contributed by atoms with Gasteiger partial charge in [-0.25, -0.2) is 4.99 Å². The van der Waals surface area contributed by atoms with Crippen molar-refractivity contribution < 1.29 is 19.2 Å². The molecule has 4 N–H and O–H groups in total. The summed E-state index contributed by atoms with van der Waals surface area (Å²) >= 11 is 7.31. The van der Waals surface area contributed by atoms with Gasteiger partial charge in [-0.1, -0.05) is 87.6 Å². The Morgan fingerprint density at radius 2 is 1.50 bits per heavy atom. The van der Waals surface area contributed by atoms with Crippen LogP contribution in [0.5, 0.6) is 0 Å². The quantitative estimate of drug-likeness (QED) is 0.147. The lowest BCUT2D eigenvalue weighted by Crippen LogP contribution is -2.55. The Kier molecular flexibility index (Phi) is 12.2. The Morgan fingerprint density at radius 1 is 0.911 bits per heavy atom. The molecule has 0 bridgehead atoms. The number of thiocarbonyl (C=S) groups is 1. The minimum Gasteiger partial charge on any atom is -0.367 e. The van der Waals surface area contributed by atoms with Gasteiger partial charge >= 0.3 is 0 Å². The van der Waals surface area contributed by atoms with E-state index in [2.05, 4.69) is 51.9 Å². The maximum atomic E-state index is 14.2. The summed E-state index contributed by atoms with van der Waals surface area (Å²) < 4.78 is 0. The van der Waals surface area contributed by atoms with Gasteiger partial charge in [0.15, 0.2) is 0 Å². The molecule has 3 aliphatic carbocycles. The third-order valence-electron chi connectivity index (χ3n) is 13.0. The van der Waals surface area contributed by atoms with Crippen LogP contribution >= 0.6 is 24.0 Å². The molecule has 0 radical (unpaired) electrons. The first-order chi connectivity index (χ1) is 26.9. The number of hydrogen-bond acceptors (Lipinski definition) is 7. The number of amides is 4. The van der Waals surface area contributed by atoms with Crippen molar-refractivity contribution in [2.45, 2.75) is 120 Å². The lowest BCUT2D eigenvalue weighted by Gasteiger charge is -2.33. The molecule has 12 heteroatoms. The largest absolute Gasteiger partial charge is 0.367 e. The molecule has 1 saturated carbocycles. The van der Waals surface area contributed by atoms with Crippen LogP contribution in [0.25, 0.3) is 0 Å². The molecule has 2 saturated heterocycles. The molecular weight excluding hydrogens is 741 g/mol. The summed E-state index contributed by atoms with van der Waals surface area (Å²) in [5.41, 5.74) is 4.13. The van der Waals surface area contributed by atoms with Crippen LogP contribution in [-0.2, 0) is 32.0 Å². The van der Waals surface area contributed by atoms with Gasteiger partial charge < -0.3 is 26.2 Å². The van der Waals surface area contributed by atoms with Gasteiger partial charge in [0.05, 0.1) is 22.3 Å². The number of fused-ring (bicyclic) bond motifs is 3. The van der Waals surface area contributed by atoms with Crippen LogP contribution in [0.1, 0.15) is 93.4 Å². The number of thioether (sulfide) groups is 1. The monoisotopic (exact) mass is 796 g/mol. The SMILES string of the molecule is C=C[C@H](NC)C(=S)N[C@H]1CCS[C@H]2CC(C)(C)[C@@H](C(=O)N=C[C@H]3c4ccccc4C[C@H]3C(=O)NC3CCC(NC(=O)[C@@H]4Cc5ccccc5[C@@H]4C)CC3)N2C1=O. The first-order valence-electron chi connectivity index (χ1n) is 20.3. The number of likely N-dealkylation sites (N-methyl/N-ethyl adjacent to an activating group) is 1. The molecule has 7 rings (SSSR count). The van der Waals surface area contributed by atoms with Gasteiger partial charge in [-0.3, -0.25) is 19.2 Å². The summed E-state index contributed by atoms with van der Waals surface area (Å²) in [6.07, 6.45) is 9.18. The minimum absolute atomic E-state index is 0.0142. The highest BCUT2D eigenvalue weighted by Crippen LogP contribution is 2.47. The van der Waals surface area contributed by atoms with Crippen molar-refractivity contribution in [2.24, 2.45) is 22.2 Å². The van der Waals surface area contributed by atoms with E-state index >= 15 is 0 Å². The van der Waals surface area contributed by atoms with Gasteiger partial charge in [0.25, 0.3) is 5.91 Å². The fourth-order valence-electron chi connectivity index (χ4n) is 9.84. The van der Waals surface area contributed by atoms with Crippen molar-refractivity contribution in [3.63, 3.8) is 0 Å². The normalized spacial score (nSPS) is 31.1. The van der Waals surface area contributed by atoms with Crippen molar-refractivity contribution in [1.29, 1.82) is 0 Å². The van der Waals surface area contributed by atoms with E-state index in [1.807, 2.05) is 50.2 Å². The summed E-state index contributed by atoms with van der Waals surface area (Å²) in [5, 5.41) is 12.9. The summed E-state index contributed by atoms with van der Waals surface area (Å²) in [5.74, 6) is -0.292. The predicted octanol–water partition coefficient (Wildman–Crippen LogP) is 5.21. The van der Waals surface area contributed by atoms with E-state index in [0.717, 1.165) is 49.0 Å². The molecule has 10 nitrogen and oxygen atoms in total. The fourth-order valence-corrected chi connectivity index (χ4v) is 11.8. The second kappa shape index (κ2) is 16.9. The van der Waals surface area contributed by atoms with E-state index < -0.39 is 23.4 Å². The summed E-state index contributed by atoms with van der Waals surface area (Å²) in [6.45, 7) is 10.1. The third kappa shape index (κ3) is 8.11. The molecule has 8 atom stereocenters. The molecule has 2 heterocycles. The van der Waals surface area contributed by atoms with E-state index in [4.69, 9.17) is 12.2 Å². The van der Waals surface area contributed by atoms with Crippen molar-refractivity contribution in [3.8, 4) is 0 Å². The highest BCUT2D eigenvalue weighted by molar-refractivity contribution is 7.99. The third-order valence-corrected chi connectivity index (χ3v) is 14.6. The second-order valence-electron chi connectivity index (χ2n) is 17.0. The van der Waals surface area contributed by atoms with Crippen molar-refractivity contribution >= 4 is 58.8 Å². The van der Waals surface area contributed by atoms with Crippen LogP contribution in [0.4, 0.5) is 0 Å². The maximum absolute atomic E-state index is 14.2. The zero-order valence-corrected chi connectivity index (χ0v) is 34.6. The maximum Gasteiger partial charge on any atom is 0.268 e. The molecular formula is C44H56N6O4S2. The number of nitrogens with one attached hydrogen (secondary N) is 4. The number of hydrogen-bond donors (Lipinski definition) is 4. The smallest absolute Gasteiger partial charge is 0.268 e. The first kappa shape index (κ1) is 40.3. The van der Waals surface area contributed by atoms with Crippen molar-refractivity contribution in [1.82, 2.24) is 26.2 Å². The molecule has 2 aliphatic heterocycles. The predicted molar refractivity (Wildman–Crippen MR) is 227 cm³/mol. The Morgan fingerprint density at radius 3 is 2.12 bits per heavy atom. The van der Waals surface area contributed by atoms with E-state index in [0.29, 0.717) is 24.3 Å². The van der Waals surface area contributed by atoms with Crippen LogP contribution in [0.3, 0.4) is 0 Å². The number of carbonyl (C=O) groups excluding carboxylic acids is 4. The van der Waals surface area contributed by atoms with Crippen LogP contribution in [0.2, 0.25) is 0 Å². The molecule has 0 spiro atoms. The summed E-state index contributed by atoms with van der Waals surface area (Å²) in [4.78, 5) is 62.6. The Hall–Kier alpha value is -3.87. The fraction of sp³-hybridized carbons (Fsp3) is 0.545. The average molecular weight is 797 g/mol. The van der Waals surface area contributed by atoms with E-state index in [1.165, 1.54) is 11.1 Å². The van der Waals surface area contributed by atoms with Crippen LogP contribution < -0.4 is 21.3 Å². The van der Waals surface area contributed by atoms with Gasteiger partial charge in [-0.2, -0.15) is 0 Å². The average Bonchev–Trinajstić information content (AvgIpc) is 3.79. The summed E-state index contributed by atoms with van der Waals surface area (Å²) in [7, 11) is 1.79. The van der Waals surface area contributed by atoms with E-state index in [9.17, 15) is 19.2 Å². The number of nitrogens with zero attached hydrogens (tertiary/aromatic N) is 2. The number of benzene rings is 2. The second-order valence-corrected chi connectivity index (χ2v) is 18.8. The molecule has 0 unspecified atom stereocenters. The van der Waals surface area contributed by atoms with Crippen LogP contribution in [0.15, 0.2) is 66.2 Å². The van der Waals surface area contributed by atoms with E-state index in [-0.39, 0.29) is 64.9 Å². The van der Waals surface area contributed by atoms with Gasteiger partial charge in [0.2, 0.25) is 17.7 Å². The molecule has 3 fully saturated rings. The molecule has 56 heavy (non-hydrogen) atoms. The van der Waals surface area contributed by atoms with Crippen LogP contribution in [-0.4, -0.2) is 88.1 Å². The van der Waals surface area contributed by atoms with Gasteiger partial charge in [-0.15, -0.1) is 18.3 Å². The summed E-state index contributed by atoms with van der Waals surface area (Å²) in [6, 6.07) is 14.9. The highest BCUT2D eigenvalue weighted by atomic mass is 32.2. The number of rotatable bonds is 10.